The Balaban J connectivity index is 1.21. The first-order valence-corrected chi connectivity index (χ1v) is 22.0. The van der Waals surface area contributed by atoms with Crippen LogP contribution in [0.4, 0.5) is 0 Å². The van der Waals surface area contributed by atoms with Crippen LogP contribution in [0.5, 0.6) is 0 Å². The zero-order valence-corrected chi connectivity index (χ0v) is 32.4. The lowest BCUT2D eigenvalue weighted by Crippen LogP contribution is -2.57. The van der Waals surface area contributed by atoms with Crippen molar-refractivity contribution in [2.45, 2.75) is 119 Å². The van der Waals surface area contributed by atoms with Gasteiger partial charge in [-0.2, -0.15) is 4.31 Å². The lowest BCUT2D eigenvalue weighted by Gasteiger charge is -2.58. The van der Waals surface area contributed by atoms with Crippen molar-refractivity contribution >= 4 is 27.1 Å². The third-order valence-corrected chi connectivity index (χ3v) is 17.3. The zero-order chi connectivity index (χ0) is 36.3. The number of aliphatic hydroxyl groups excluding tert-OH is 1. The number of rotatable bonds is 8. The molecule has 5 fully saturated rings. The molecule has 2 aromatic carbocycles. The van der Waals surface area contributed by atoms with Crippen LogP contribution in [-0.2, 0) is 16.4 Å². The van der Waals surface area contributed by atoms with E-state index in [4.69, 9.17) is 0 Å². The lowest BCUT2D eigenvalue weighted by molar-refractivity contribution is -0.0920. The average molecular weight is 742 g/mol. The highest BCUT2D eigenvalue weighted by molar-refractivity contribution is 7.91. The Bertz CT molecular complexity index is 1880. The van der Waals surface area contributed by atoms with Gasteiger partial charge in [0, 0.05) is 29.6 Å². The Labute approximate surface area is 314 Å². The number of thiophene rings is 1. The Morgan fingerprint density at radius 3 is 2.31 bits per heavy atom. The molecule has 7 aliphatic rings. The van der Waals surface area contributed by atoms with E-state index in [2.05, 4.69) is 26.0 Å². The van der Waals surface area contributed by atoms with E-state index < -0.39 is 27.1 Å². The molecule has 0 saturated heterocycles. The van der Waals surface area contributed by atoms with Gasteiger partial charge in [0.1, 0.15) is 4.21 Å². The number of sulfonamides is 1. The third kappa shape index (κ3) is 6.70. The Morgan fingerprint density at radius 1 is 0.923 bits per heavy atom. The van der Waals surface area contributed by atoms with Crippen molar-refractivity contribution in [2.24, 2.45) is 28.6 Å². The van der Waals surface area contributed by atoms with Gasteiger partial charge >= 0.3 is 0 Å². The molecule has 4 unspecified atom stereocenters. The molecule has 5 saturated carbocycles. The maximum atomic E-state index is 14.7. The molecule has 7 aliphatic carbocycles. The van der Waals surface area contributed by atoms with E-state index in [-0.39, 0.29) is 23.7 Å². The molecule has 0 amide bonds. The number of aliphatic hydroxyl groups is 2. The fourth-order valence-corrected chi connectivity index (χ4v) is 14.6. The number of allylic oxidation sites excluding steroid dienone is 2. The van der Waals surface area contributed by atoms with E-state index >= 15 is 0 Å². The summed E-state index contributed by atoms with van der Waals surface area (Å²) in [5.41, 5.74) is 2.22. The summed E-state index contributed by atoms with van der Waals surface area (Å²) in [6.07, 6.45) is 13.2. The summed E-state index contributed by atoms with van der Waals surface area (Å²) in [6, 6.07) is 19.0. The topological polar surface area (TPSA) is 94.9 Å². The number of hydrogen-bond donors (Lipinski definition) is 2. The van der Waals surface area contributed by atoms with Crippen LogP contribution in [0.25, 0.3) is 0 Å². The fourth-order valence-electron chi connectivity index (χ4n) is 11.9. The van der Waals surface area contributed by atoms with Gasteiger partial charge in [0.15, 0.2) is 5.78 Å². The molecule has 278 valence electrons. The van der Waals surface area contributed by atoms with E-state index in [0.29, 0.717) is 71.7 Å². The first kappa shape index (κ1) is 36.4. The van der Waals surface area contributed by atoms with E-state index in [1.807, 2.05) is 53.9 Å². The Morgan fingerprint density at radius 2 is 1.63 bits per heavy atom. The number of fused-ring (bicyclic) bond motifs is 8. The Kier molecular flexibility index (Phi) is 9.72. The predicted molar refractivity (Wildman–Crippen MR) is 207 cm³/mol. The minimum Gasteiger partial charge on any atom is -0.393 e. The van der Waals surface area contributed by atoms with Crippen LogP contribution < -0.4 is 0 Å². The number of nitrogens with zero attached hydrogens (tertiary/aromatic N) is 1. The fraction of sp³-hybridized carbons (Fsp3) is 0.568. The van der Waals surface area contributed by atoms with E-state index in [1.165, 1.54) is 36.2 Å². The van der Waals surface area contributed by atoms with Gasteiger partial charge in [-0.1, -0.05) is 67.1 Å². The first-order valence-electron chi connectivity index (χ1n) is 19.7. The van der Waals surface area contributed by atoms with E-state index in [9.17, 15) is 23.4 Å². The standard InChI is InChI=1S/C44H55NO5S2/c1-30-8-6-17-42(2)39(37-15-13-31(23-36(46)14-12-30)24-38(37)41(47)35-9-4-3-5-10-35)16-18-44(42,48)29-45(52(49,50)40-11-7-19-51-40)28-43-25-32-20-33(26-43)22-34(21-32)27-43/h3-5,7-11,13,15,19,24,32-34,36,39,46,48H,6,12,14,16-18,20-23,25-29H2,1-2H3. The van der Waals surface area contributed by atoms with Crippen molar-refractivity contribution in [1.82, 2.24) is 4.31 Å². The summed E-state index contributed by atoms with van der Waals surface area (Å²) in [5, 5.41) is 26.1. The lowest BCUT2D eigenvalue weighted by atomic mass is 9.49. The summed E-state index contributed by atoms with van der Waals surface area (Å²) in [4.78, 5) is 14.3. The molecule has 8 heteroatoms. The summed E-state index contributed by atoms with van der Waals surface area (Å²) < 4.78 is 31.5. The maximum Gasteiger partial charge on any atom is 0.252 e. The number of benzene rings is 2. The average Bonchev–Trinajstić information content (AvgIpc) is 3.74. The molecule has 6 bridgehead atoms. The molecule has 1 aromatic heterocycles. The maximum absolute atomic E-state index is 14.7. The summed E-state index contributed by atoms with van der Waals surface area (Å²) >= 11 is 1.26. The summed E-state index contributed by atoms with van der Waals surface area (Å²) in [6.45, 7) is 4.80. The molecule has 4 atom stereocenters. The van der Waals surface area contributed by atoms with Crippen LogP contribution >= 0.6 is 11.3 Å². The highest BCUT2D eigenvalue weighted by Gasteiger charge is 2.59. The molecule has 0 spiro atoms. The number of carbonyl (C=O) groups is 1. The van der Waals surface area contributed by atoms with Gasteiger partial charge in [-0.15, -0.1) is 11.3 Å². The third-order valence-electron chi connectivity index (χ3n) is 14.2. The summed E-state index contributed by atoms with van der Waals surface area (Å²) in [7, 11) is -3.86. The Hall–Kier alpha value is -2.62. The molecular formula is C44H55NO5S2. The second-order valence-electron chi connectivity index (χ2n) is 17.8. The smallest absolute Gasteiger partial charge is 0.252 e. The van der Waals surface area contributed by atoms with Crippen LogP contribution in [0.1, 0.15) is 124 Å². The predicted octanol–water partition coefficient (Wildman–Crippen LogP) is 8.92. The van der Waals surface area contributed by atoms with Crippen molar-refractivity contribution in [1.29, 1.82) is 0 Å². The van der Waals surface area contributed by atoms with Crippen LogP contribution in [0.15, 0.2) is 81.9 Å². The highest BCUT2D eigenvalue weighted by Crippen LogP contribution is 2.62. The van der Waals surface area contributed by atoms with Gasteiger partial charge in [0.25, 0.3) is 10.0 Å². The van der Waals surface area contributed by atoms with Crippen molar-refractivity contribution < 1.29 is 23.4 Å². The van der Waals surface area contributed by atoms with Crippen LogP contribution in [0.2, 0.25) is 0 Å². The summed E-state index contributed by atoms with van der Waals surface area (Å²) in [5.74, 6) is 1.84. The van der Waals surface area contributed by atoms with Gasteiger partial charge in [0.05, 0.1) is 11.7 Å². The van der Waals surface area contributed by atoms with Crippen molar-refractivity contribution in [3.63, 3.8) is 0 Å². The SMILES string of the molecule is CC1=CCCC2(C)C(CCC2(O)CN(CC23CC4CC(CC(C4)C2)C3)S(=O)(=O)c2cccs2)c2ccc(cc2C(=O)c2ccccc2)CC(O)CC1. The molecular weight excluding hydrogens is 687 g/mol. The van der Waals surface area contributed by atoms with Crippen molar-refractivity contribution in [2.75, 3.05) is 13.1 Å². The quantitative estimate of drug-likeness (QED) is 0.178. The molecule has 6 nitrogen and oxygen atoms in total. The number of carbonyl (C=O) groups excluding carboxylic acids is 1. The van der Waals surface area contributed by atoms with E-state index in [0.717, 1.165) is 43.2 Å². The largest absolute Gasteiger partial charge is 0.393 e. The van der Waals surface area contributed by atoms with Crippen molar-refractivity contribution in [3.05, 3.63) is 99.9 Å². The van der Waals surface area contributed by atoms with Gasteiger partial charge in [0.2, 0.25) is 0 Å². The molecule has 2 N–H and O–H groups in total. The number of ketones is 1. The van der Waals surface area contributed by atoms with Gasteiger partial charge in [-0.05, 0) is 148 Å². The molecule has 52 heavy (non-hydrogen) atoms. The monoisotopic (exact) mass is 741 g/mol. The number of hydrogen-bond acceptors (Lipinski definition) is 6. The van der Waals surface area contributed by atoms with Gasteiger partial charge < -0.3 is 10.2 Å². The minimum atomic E-state index is -3.86. The molecule has 0 aliphatic heterocycles. The van der Waals surface area contributed by atoms with Crippen LogP contribution in [0, 0.1) is 28.6 Å². The first-order chi connectivity index (χ1) is 24.9. The highest BCUT2D eigenvalue weighted by atomic mass is 32.2. The second kappa shape index (κ2) is 13.9. The van der Waals surface area contributed by atoms with Gasteiger partial charge in [-0.3, -0.25) is 4.79 Å². The minimum absolute atomic E-state index is 0.0346. The molecule has 3 aromatic rings. The van der Waals surface area contributed by atoms with Gasteiger partial charge in [-0.25, -0.2) is 8.42 Å². The normalized spacial score (nSPS) is 34.6. The van der Waals surface area contributed by atoms with E-state index in [1.54, 1.807) is 10.4 Å². The molecule has 1 heterocycles. The molecule has 0 radical (unpaired) electrons. The zero-order valence-electron chi connectivity index (χ0n) is 30.8. The van der Waals surface area contributed by atoms with Crippen molar-refractivity contribution in [3.8, 4) is 0 Å². The second-order valence-corrected chi connectivity index (χ2v) is 20.9. The molecule has 10 rings (SSSR count). The van der Waals surface area contributed by atoms with Crippen LogP contribution in [-0.4, -0.2) is 53.5 Å². The van der Waals surface area contributed by atoms with Crippen LogP contribution in [0.3, 0.4) is 0 Å².